The van der Waals surface area contributed by atoms with Crippen LogP contribution in [0.5, 0.6) is 0 Å². The molecule has 0 aliphatic heterocycles. The fourth-order valence-corrected chi connectivity index (χ4v) is 3.53. The van der Waals surface area contributed by atoms with Crippen LogP contribution in [0.4, 0.5) is 23.8 Å². The lowest BCUT2D eigenvalue weighted by atomic mass is 10.1. The quantitative estimate of drug-likeness (QED) is 0.421. The molecule has 0 fully saturated rings. The summed E-state index contributed by atoms with van der Waals surface area (Å²) < 4.78 is 45.9. The summed E-state index contributed by atoms with van der Waals surface area (Å²) in [4.78, 5) is 41.3. The van der Waals surface area contributed by atoms with E-state index in [1.54, 1.807) is 6.07 Å². The second kappa shape index (κ2) is 12.0. The van der Waals surface area contributed by atoms with Crippen LogP contribution >= 0.6 is 0 Å². The number of hydrogen-bond donors (Lipinski definition) is 2. The first-order valence-electron chi connectivity index (χ1n) is 11.0. The van der Waals surface area contributed by atoms with Crippen molar-refractivity contribution in [2.45, 2.75) is 31.7 Å². The highest BCUT2D eigenvalue weighted by Crippen LogP contribution is 2.19. The second-order valence-electron chi connectivity index (χ2n) is 8.09. The summed E-state index contributed by atoms with van der Waals surface area (Å²) in [5.41, 5.74) is 0.0391. The predicted molar refractivity (Wildman–Crippen MR) is 125 cm³/mol. The SMILES string of the molecule is CN(C(=O)CCc1cccc(F)c1F)[C@@H](CCC(=O)O)COC(=O)Nc1cc2cc(F)ccc2cn1. The number of aromatic nitrogens is 1. The highest BCUT2D eigenvalue weighted by atomic mass is 19.2. The van der Waals surface area contributed by atoms with Gasteiger partial charge in [0.05, 0.1) is 6.04 Å². The highest BCUT2D eigenvalue weighted by Gasteiger charge is 2.23. The summed E-state index contributed by atoms with van der Waals surface area (Å²) in [6, 6.07) is 8.48. The number of pyridine rings is 1. The molecule has 1 heterocycles. The van der Waals surface area contributed by atoms with Crippen molar-refractivity contribution in [3.8, 4) is 0 Å². The number of carbonyl (C=O) groups is 3. The smallest absolute Gasteiger partial charge is 0.412 e. The van der Waals surface area contributed by atoms with Gasteiger partial charge < -0.3 is 14.7 Å². The average Bonchev–Trinajstić information content (AvgIpc) is 2.84. The Labute approximate surface area is 204 Å². The fourth-order valence-electron chi connectivity index (χ4n) is 3.53. The van der Waals surface area contributed by atoms with Gasteiger partial charge in [-0.1, -0.05) is 12.1 Å². The van der Waals surface area contributed by atoms with E-state index in [1.807, 2.05) is 0 Å². The molecule has 0 aliphatic rings. The first-order chi connectivity index (χ1) is 17.1. The molecule has 0 radical (unpaired) electrons. The molecule has 2 amide bonds. The van der Waals surface area contributed by atoms with Crippen molar-refractivity contribution in [2.24, 2.45) is 0 Å². The number of aliphatic carboxylic acids is 1. The Bertz CT molecular complexity index is 1270. The van der Waals surface area contributed by atoms with Gasteiger partial charge in [0, 0.05) is 31.5 Å². The van der Waals surface area contributed by atoms with Gasteiger partial charge in [-0.15, -0.1) is 0 Å². The summed E-state index contributed by atoms with van der Waals surface area (Å²) in [7, 11) is 1.41. The van der Waals surface area contributed by atoms with Gasteiger partial charge in [0.2, 0.25) is 5.91 Å². The number of carboxylic acid groups (broad SMARTS) is 1. The monoisotopic (exact) mass is 503 g/mol. The highest BCUT2D eigenvalue weighted by molar-refractivity contribution is 5.89. The zero-order chi connectivity index (χ0) is 26.2. The lowest BCUT2D eigenvalue weighted by Gasteiger charge is -2.27. The number of benzene rings is 2. The number of ether oxygens (including phenoxy) is 1. The third-order valence-electron chi connectivity index (χ3n) is 5.59. The third kappa shape index (κ3) is 7.17. The van der Waals surface area contributed by atoms with Crippen molar-refractivity contribution in [3.63, 3.8) is 0 Å². The van der Waals surface area contributed by atoms with E-state index >= 15 is 0 Å². The van der Waals surface area contributed by atoms with E-state index in [1.165, 1.54) is 48.5 Å². The number of amides is 2. The molecule has 0 saturated heterocycles. The number of nitrogens with one attached hydrogen (secondary N) is 1. The molecule has 3 rings (SSSR count). The van der Waals surface area contributed by atoms with Crippen LogP contribution in [0.2, 0.25) is 0 Å². The molecule has 0 spiro atoms. The van der Waals surface area contributed by atoms with Crippen molar-refractivity contribution >= 4 is 34.6 Å². The molecule has 0 aliphatic carbocycles. The van der Waals surface area contributed by atoms with Crippen LogP contribution in [0, 0.1) is 17.5 Å². The molecule has 2 N–H and O–H groups in total. The molecule has 36 heavy (non-hydrogen) atoms. The average molecular weight is 503 g/mol. The van der Waals surface area contributed by atoms with Crippen molar-refractivity contribution in [2.75, 3.05) is 19.0 Å². The standard InChI is InChI=1S/C25H24F3N3O5/c1-31(22(32)9-6-15-3-2-4-20(27)24(15)28)19(8-10-23(33)34)14-36-25(35)30-21-12-17-11-18(26)7-5-16(17)13-29-21/h2-5,7,11-13,19H,6,8-10,14H2,1H3,(H,33,34)(H,29,30,35)/t19-/m0/s1. The number of hydrogen-bond acceptors (Lipinski definition) is 5. The number of halogens is 3. The Morgan fingerprint density at radius 3 is 2.61 bits per heavy atom. The fraction of sp³-hybridized carbons (Fsp3) is 0.280. The van der Waals surface area contributed by atoms with Crippen LogP contribution in [-0.2, 0) is 20.7 Å². The van der Waals surface area contributed by atoms with Crippen molar-refractivity contribution in [1.29, 1.82) is 0 Å². The van der Waals surface area contributed by atoms with E-state index in [-0.39, 0.29) is 43.7 Å². The van der Waals surface area contributed by atoms with E-state index in [2.05, 4.69) is 10.3 Å². The molecule has 0 unspecified atom stereocenters. The molecular formula is C25H24F3N3O5. The normalized spacial score (nSPS) is 11.7. The minimum atomic E-state index is -1.10. The number of likely N-dealkylation sites (N-methyl/N-ethyl adjacent to an activating group) is 1. The van der Waals surface area contributed by atoms with E-state index in [0.717, 1.165) is 6.07 Å². The molecule has 1 aromatic heterocycles. The molecule has 0 saturated carbocycles. The minimum Gasteiger partial charge on any atom is -0.481 e. The van der Waals surface area contributed by atoms with Gasteiger partial charge in [-0.2, -0.15) is 0 Å². The Kier molecular flexibility index (Phi) is 8.82. The van der Waals surface area contributed by atoms with Gasteiger partial charge >= 0.3 is 12.1 Å². The zero-order valence-corrected chi connectivity index (χ0v) is 19.3. The van der Waals surface area contributed by atoms with Gasteiger partial charge in [-0.05, 0) is 54.1 Å². The number of aryl methyl sites for hydroxylation is 1. The van der Waals surface area contributed by atoms with Gasteiger partial charge in [0.1, 0.15) is 18.2 Å². The second-order valence-corrected chi connectivity index (χ2v) is 8.09. The van der Waals surface area contributed by atoms with E-state index in [0.29, 0.717) is 10.8 Å². The Balaban J connectivity index is 1.60. The summed E-state index contributed by atoms with van der Waals surface area (Å²) in [5, 5.41) is 12.6. The summed E-state index contributed by atoms with van der Waals surface area (Å²) in [6.45, 7) is -0.322. The largest absolute Gasteiger partial charge is 0.481 e. The lowest BCUT2D eigenvalue weighted by Crippen LogP contribution is -2.41. The molecule has 3 aromatic rings. The molecule has 2 aromatic carbocycles. The van der Waals surface area contributed by atoms with Crippen molar-refractivity contribution in [1.82, 2.24) is 9.88 Å². The molecule has 11 heteroatoms. The van der Waals surface area contributed by atoms with Gasteiger partial charge in [0.25, 0.3) is 0 Å². The van der Waals surface area contributed by atoms with Gasteiger partial charge in [-0.25, -0.2) is 22.9 Å². The van der Waals surface area contributed by atoms with Crippen molar-refractivity contribution < 1.29 is 37.4 Å². The van der Waals surface area contributed by atoms with Crippen LogP contribution in [0.1, 0.15) is 24.8 Å². The Hall–Kier alpha value is -4.15. The number of anilines is 1. The first-order valence-corrected chi connectivity index (χ1v) is 11.0. The van der Waals surface area contributed by atoms with Gasteiger partial charge in [0.15, 0.2) is 11.6 Å². The maximum Gasteiger partial charge on any atom is 0.412 e. The van der Waals surface area contributed by atoms with Gasteiger partial charge in [-0.3, -0.25) is 14.9 Å². The Morgan fingerprint density at radius 1 is 1.08 bits per heavy atom. The lowest BCUT2D eigenvalue weighted by molar-refractivity contribution is -0.139. The molecule has 0 bridgehead atoms. The van der Waals surface area contributed by atoms with Crippen LogP contribution in [-0.4, -0.2) is 52.7 Å². The third-order valence-corrected chi connectivity index (χ3v) is 5.59. The predicted octanol–water partition coefficient (Wildman–Crippen LogP) is 4.53. The summed E-state index contributed by atoms with van der Waals surface area (Å²) >= 11 is 0. The first kappa shape index (κ1) is 26.5. The Morgan fingerprint density at radius 2 is 1.86 bits per heavy atom. The number of carboxylic acids is 1. The van der Waals surface area contributed by atoms with Crippen molar-refractivity contribution in [3.05, 3.63) is 71.7 Å². The molecular weight excluding hydrogens is 479 g/mol. The van der Waals surface area contributed by atoms with Crippen LogP contribution in [0.15, 0.2) is 48.7 Å². The summed E-state index contributed by atoms with van der Waals surface area (Å²) in [5.74, 6) is -3.94. The number of carbonyl (C=O) groups excluding carboxylic acids is 2. The van der Waals surface area contributed by atoms with Crippen LogP contribution in [0.25, 0.3) is 10.8 Å². The number of nitrogens with zero attached hydrogens (tertiary/aromatic N) is 2. The molecule has 190 valence electrons. The molecule has 8 nitrogen and oxygen atoms in total. The van der Waals surface area contributed by atoms with Crippen LogP contribution < -0.4 is 5.32 Å². The molecule has 1 atom stereocenters. The minimum absolute atomic E-state index is 0.00726. The maximum atomic E-state index is 13.9. The van der Waals surface area contributed by atoms with E-state index in [9.17, 15) is 27.6 Å². The summed E-state index contributed by atoms with van der Waals surface area (Å²) in [6.07, 6.45) is 0.0313. The number of fused-ring (bicyclic) bond motifs is 1. The van der Waals surface area contributed by atoms with E-state index < -0.39 is 41.5 Å². The maximum absolute atomic E-state index is 13.9. The van der Waals surface area contributed by atoms with E-state index in [4.69, 9.17) is 9.84 Å². The van der Waals surface area contributed by atoms with Crippen LogP contribution in [0.3, 0.4) is 0 Å². The number of rotatable bonds is 10. The zero-order valence-electron chi connectivity index (χ0n) is 19.3. The topological polar surface area (TPSA) is 109 Å².